The van der Waals surface area contributed by atoms with Crippen molar-refractivity contribution < 1.29 is 22.6 Å². The molecule has 2 aromatic carbocycles. The zero-order valence-corrected chi connectivity index (χ0v) is 12.0. The normalized spacial score (nSPS) is 11.3. The molecule has 6 nitrogen and oxygen atoms in total. The van der Waals surface area contributed by atoms with Gasteiger partial charge in [-0.2, -0.15) is 8.42 Å². The maximum atomic E-state index is 11.6. The van der Waals surface area contributed by atoms with Crippen molar-refractivity contribution in [1.82, 2.24) is 0 Å². The fourth-order valence-corrected chi connectivity index (χ4v) is 2.74. The van der Waals surface area contributed by atoms with Gasteiger partial charge in [0, 0.05) is 16.5 Å². The van der Waals surface area contributed by atoms with Crippen molar-refractivity contribution in [2.45, 2.75) is 18.2 Å². The van der Waals surface area contributed by atoms with Gasteiger partial charge in [-0.3, -0.25) is 14.1 Å². The van der Waals surface area contributed by atoms with Gasteiger partial charge in [0.05, 0.1) is 6.42 Å². The molecule has 0 aliphatic rings. The zero-order chi connectivity index (χ0) is 15.6. The second kappa shape index (κ2) is 5.63. The van der Waals surface area contributed by atoms with Crippen LogP contribution in [0.1, 0.15) is 13.3 Å². The van der Waals surface area contributed by atoms with Gasteiger partial charge in [-0.05, 0) is 19.1 Å². The van der Waals surface area contributed by atoms with Crippen LogP contribution in [-0.4, -0.2) is 24.7 Å². The number of amides is 1. The van der Waals surface area contributed by atoms with Crippen molar-refractivity contribution in [3.63, 3.8) is 0 Å². The maximum Gasteiger partial charge on any atom is 0.295 e. The molecule has 2 rings (SSSR count). The minimum Gasteiger partial charge on any atom is -0.325 e. The van der Waals surface area contributed by atoms with Crippen LogP contribution in [0.2, 0.25) is 0 Å². The van der Waals surface area contributed by atoms with Gasteiger partial charge in [-0.15, -0.1) is 0 Å². The van der Waals surface area contributed by atoms with Crippen molar-refractivity contribution in [3.8, 4) is 0 Å². The summed E-state index contributed by atoms with van der Waals surface area (Å²) >= 11 is 0. The van der Waals surface area contributed by atoms with Crippen LogP contribution < -0.4 is 5.32 Å². The van der Waals surface area contributed by atoms with E-state index in [0.717, 1.165) is 0 Å². The quantitative estimate of drug-likeness (QED) is 0.664. The molecule has 21 heavy (non-hydrogen) atoms. The van der Waals surface area contributed by atoms with E-state index in [9.17, 15) is 22.6 Å². The van der Waals surface area contributed by atoms with Crippen molar-refractivity contribution in [1.29, 1.82) is 0 Å². The molecular formula is C14H13NO5S. The van der Waals surface area contributed by atoms with Crippen LogP contribution in [0.5, 0.6) is 0 Å². The Morgan fingerprint density at radius 1 is 1.10 bits per heavy atom. The number of hydrogen-bond donors (Lipinski definition) is 2. The molecule has 7 heteroatoms. The van der Waals surface area contributed by atoms with Crippen LogP contribution in [-0.2, 0) is 19.7 Å². The molecule has 0 unspecified atom stereocenters. The second-order valence-corrected chi connectivity index (χ2v) is 5.95. The molecule has 0 heterocycles. The first-order valence-electron chi connectivity index (χ1n) is 6.07. The summed E-state index contributed by atoms with van der Waals surface area (Å²) in [5, 5.41) is 3.31. The van der Waals surface area contributed by atoms with Gasteiger partial charge in [0.2, 0.25) is 5.91 Å². The number of benzene rings is 2. The summed E-state index contributed by atoms with van der Waals surface area (Å²) in [7, 11) is -4.36. The fraction of sp³-hybridized carbons (Fsp3) is 0.143. The summed E-state index contributed by atoms with van der Waals surface area (Å²) in [5.41, 5.74) is 0.379. The van der Waals surface area contributed by atoms with Crippen molar-refractivity contribution in [2.75, 3.05) is 5.32 Å². The van der Waals surface area contributed by atoms with Crippen LogP contribution in [0.3, 0.4) is 0 Å². The molecule has 0 aromatic heterocycles. The summed E-state index contributed by atoms with van der Waals surface area (Å²) < 4.78 is 31.9. The third-order valence-corrected chi connectivity index (χ3v) is 3.76. The molecule has 0 aliphatic heterocycles. The lowest BCUT2D eigenvalue weighted by Crippen LogP contribution is -2.15. The average Bonchev–Trinajstić information content (AvgIpc) is 2.36. The summed E-state index contributed by atoms with van der Waals surface area (Å²) in [6, 6.07) is 9.03. The van der Waals surface area contributed by atoms with Gasteiger partial charge in [0.15, 0.2) is 0 Å². The van der Waals surface area contributed by atoms with E-state index < -0.39 is 16.0 Å². The van der Waals surface area contributed by atoms with E-state index in [1.54, 1.807) is 18.2 Å². The Balaban J connectivity index is 2.53. The molecule has 110 valence electrons. The lowest BCUT2D eigenvalue weighted by Gasteiger charge is -2.10. The Bertz CT molecular complexity index is 826. The largest absolute Gasteiger partial charge is 0.325 e. The Morgan fingerprint density at radius 3 is 2.33 bits per heavy atom. The Labute approximate surface area is 121 Å². The number of nitrogens with one attached hydrogen (secondary N) is 1. The van der Waals surface area contributed by atoms with E-state index in [1.807, 2.05) is 0 Å². The van der Waals surface area contributed by atoms with E-state index >= 15 is 0 Å². The van der Waals surface area contributed by atoms with Gasteiger partial charge in [-0.1, -0.05) is 24.3 Å². The number of carbonyl (C=O) groups excluding carboxylic acids is 2. The van der Waals surface area contributed by atoms with Crippen LogP contribution in [0.25, 0.3) is 10.8 Å². The molecule has 0 fully saturated rings. The van der Waals surface area contributed by atoms with Crippen molar-refractivity contribution >= 4 is 38.3 Å². The van der Waals surface area contributed by atoms with Crippen LogP contribution in [0, 0.1) is 0 Å². The third kappa shape index (κ3) is 3.45. The first-order chi connectivity index (χ1) is 9.79. The molecule has 0 saturated heterocycles. The van der Waals surface area contributed by atoms with Gasteiger partial charge in [-0.25, -0.2) is 0 Å². The molecular weight excluding hydrogens is 294 g/mol. The van der Waals surface area contributed by atoms with E-state index in [4.69, 9.17) is 0 Å². The van der Waals surface area contributed by atoms with Crippen LogP contribution >= 0.6 is 0 Å². The molecule has 0 saturated carbocycles. The number of ketones is 1. The van der Waals surface area contributed by atoms with Crippen LogP contribution in [0.15, 0.2) is 41.3 Å². The summed E-state index contributed by atoms with van der Waals surface area (Å²) in [6.07, 6.45) is -0.256. The minimum absolute atomic E-state index is 0.234. The number of rotatable bonds is 4. The highest BCUT2D eigenvalue weighted by Crippen LogP contribution is 2.28. The summed E-state index contributed by atoms with van der Waals surface area (Å²) in [5.74, 6) is -0.751. The van der Waals surface area contributed by atoms with E-state index in [0.29, 0.717) is 16.5 Å². The SMILES string of the molecule is CC(=O)CC(=O)Nc1cccc2c(S(=O)(=O)O)cccc12. The van der Waals surface area contributed by atoms with Crippen molar-refractivity contribution in [2.24, 2.45) is 0 Å². The molecule has 2 aromatic rings. The lowest BCUT2D eigenvalue weighted by molar-refractivity contribution is -0.124. The first-order valence-corrected chi connectivity index (χ1v) is 7.51. The number of Topliss-reactive ketones (excluding diaryl/α,β-unsaturated/α-hetero) is 1. The summed E-state index contributed by atoms with van der Waals surface area (Å²) in [6.45, 7) is 1.30. The highest BCUT2D eigenvalue weighted by Gasteiger charge is 2.15. The third-order valence-electron chi connectivity index (χ3n) is 2.84. The molecule has 0 spiro atoms. The smallest absolute Gasteiger partial charge is 0.295 e. The number of fused-ring (bicyclic) bond motifs is 1. The van der Waals surface area contributed by atoms with E-state index in [-0.39, 0.29) is 17.1 Å². The van der Waals surface area contributed by atoms with Gasteiger partial charge < -0.3 is 5.32 Å². The molecule has 0 atom stereocenters. The molecule has 2 N–H and O–H groups in total. The second-order valence-electron chi connectivity index (χ2n) is 4.56. The predicted octanol–water partition coefficient (Wildman–Crippen LogP) is 2.00. The maximum absolute atomic E-state index is 11.6. The lowest BCUT2D eigenvalue weighted by atomic mass is 10.1. The Hall–Kier alpha value is -2.25. The monoisotopic (exact) mass is 307 g/mol. The number of carbonyl (C=O) groups is 2. The topological polar surface area (TPSA) is 101 Å². The Kier molecular flexibility index (Phi) is 4.06. The highest BCUT2D eigenvalue weighted by molar-refractivity contribution is 7.86. The number of anilines is 1. The predicted molar refractivity (Wildman–Crippen MR) is 77.7 cm³/mol. The average molecular weight is 307 g/mol. The van der Waals surface area contributed by atoms with Gasteiger partial charge >= 0.3 is 0 Å². The Morgan fingerprint density at radius 2 is 1.71 bits per heavy atom. The van der Waals surface area contributed by atoms with Crippen LogP contribution in [0.4, 0.5) is 5.69 Å². The van der Waals surface area contributed by atoms with Gasteiger partial charge in [0.1, 0.15) is 10.7 Å². The summed E-state index contributed by atoms with van der Waals surface area (Å²) in [4.78, 5) is 22.3. The van der Waals surface area contributed by atoms with E-state index in [2.05, 4.69) is 5.32 Å². The zero-order valence-electron chi connectivity index (χ0n) is 11.2. The fourth-order valence-electron chi connectivity index (χ4n) is 2.04. The highest BCUT2D eigenvalue weighted by atomic mass is 32.2. The van der Waals surface area contributed by atoms with E-state index in [1.165, 1.54) is 25.1 Å². The minimum atomic E-state index is -4.36. The molecule has 1 amide bonds. The first kappa shape index (κ1) is 15.1. The van der Waals surface area contributed by atoms with Crippen molar-refractivity contribution in [3.05, 3.63) is 36.4 Å². The van der Waals surface area contributed by atoms with Gasteiger partial charge in [0.25, 0.3) is 10.1 Å². The molecule has 0 bridgehead atoms. The molecule has 0 aliphatic carbocycles. The number of hydrogen-bond acceptors (Lipinski definition) is 4. The standard InChI is InChI=1S/C14H13NO5S/c1-9(16)8-14(17)15-12-6-2-5-11-10(12)4-3-7-13(11)21(18,19)20/h2-7H,8H2,1H3,(H,15,17)(H,18,19,20). The molecule has 0 radical (unpaired) electrons.